The lowest BCUT2D eigenvalue weighted by molar-refractivity contribution is -0.870. The molecule has 0 spiro atoms. The number of hydrogen-bond donors (Lipinski definition) is 3. The van der Waals surface area contributed by atoms with Crippen molar-refractivity contribution in [2.24, 2.45) is 0 Å². The molecule has 65 heavy (non-hydrogen) atoms. The normalized spacial score (nSPS) is 14.8. The summed E-state index contributed by atoms with van der Waals surface area (Å²) in [7, 11) is 1.28. The predicted octanol–water partition coefficient (Wildman–Crippen LogP) is 11.8. The fraction of sp³-hybridized carbons (Fsp3) is 0.731. The summed E-state index contributed by atoms with van der Waals surface area (Å²) in [5, 5.41) is 20.9. The van der Waals surface area contributed by atoms with Crippen LogP contribution in [0.25, 0.3) is 0 Å². The van der Waals surface area contributed by atoms with Gasteiger partial charge in [-0.05, 0) is 89.2 Å². The Morgan fingerprint density at radius 2 is 1.15 bits per heavy atom. The Morgan fingerprint density at radius 1 is 0.646 bits per heavy atom. The van der Waals surface area contributed by atoms with Gasteiger partial charge in [-0.25, -0.2) is 4.57 Å². The molecule has 0 amide bonds. The van der Waals surface area contributed by atoms with E-state index in [2.05, 4.69) is 64.2 Å². The van der Waals surface area contributed by atoms with Crippen molar-refractivity contribution in [3.05, 3.63) is 71.3 Å². The van der Waals surface area contributed by atoms with Gasteiger partial charge in [0.05, 0.1) is 40.0 Å². The minimum atomic E-state index is -4.47. The van der Waals surface area contributed by atoms with Crippen LogP contribution < -0.4 is 0 Å². The number of likely N-dealkylation sites (N-methyl/N-ethyl adjacent to an activating group) is 1. The predicted molar refractivity (Wildman–Crippen MR) is 263 cm³/mol. The number of nitrogens with zero attached hydrogens (tertiary/aromatic N) is 1. The minimum absolute atomic E-state index is 0.0279. The molecule has 1 heterocycles. The monoisotopic (exact) mass is 937 g/mol. The van der Waals surface area contributed by atoms with Gasteiger partial charge in [0.15, 0.2) is 6.10 Å². The largest absolute Gasteiger partial charge is 0.472 e. The van der Waals surface area contributed by atoms with Crippen molar-refractivity contribution >= 4 is 19.8 Å². The molecule has 0 aliphatic rings. The number of rotatable bonds is 41. The number of unbranched alkanes of at least 4 members (excludes halogenated alkanes) is 11. The highest BCUT2D eigenvalue weighted by Gasteiger charge is 2.27. The molecule has 3 N–H and O–H groups in total. The molecule has 0 bridgehead atoms. The SMILES string of the molecule is CC/C=C\C/C=C\C/C=C\C/C=C\C[C@@H](O)[C@H](O)CCCC(=O)O[C@H](COC(=O)CCCCCCCCCCCCc1oc(CCCCC)c(C)c1C)COP(=O)(O)OCC[N+](C)(C)C. The number of ether oxygens (including phenoxy) is 2. The Labute approximate surface area is 394 Å². The third-order valence-corrected chi connectivity index (χ3v) is 12.3. The van der Waals surface area contributed by atoms with Crippen LogP contribution >= 0.6 is 7.82 Å². The molecule has 0 radical (unpaired) electrons. The van der Waals surface area contributed by atoms with Crippen LogP contribution in [0.3, 0.4) is 0 Å². The quantitative estimate of drug-likeness (QED) is 0.0188. The van der Waals surface area contributed by atoms with E-state index in [1.165, 1.54) is 74.0 Å². The maximum atomic E-state index is 12.8. The summed E-state index contributed by atoms with van der Waals surface area (Å²) >= 11 is 0. The van der Waals surface area contributed by atoms with E-state index in [0.717, 1.165) is 64.2 Å². The van der Waals surface area contributed by atoms with E-state index >= 15 is 0 Å². The molecule has 374 valence electrons. The van der Waals surface area contributed by atoms with Gasteiger partial charge in [0, 0.05) is 25.7 Å². The molecule has 13 heteroatoms. The van der Waals surface area contributed by atoms with Gasteiger partial charge in [0.25, 0.3) is 0 Å². The average molecular weight is 937 g/mol. The molecule has 1 aromatic heterocycles. The van der Waals surface area contributed by atoms with Crippen LogP contribution in [0.1, 0.15) is 178 Å². The second kappa shape index (κ2) is 37.2. The number of allylic oxidation sites excluding steroid dienone is 7. The number of aliphatic hydroxyl groups is 2. The van der Waals surface area contributed by atoms with Crippen molar-refractivity contribution in [2.75, 3.05) is 47.5 Å². The first-order valence-corrected chi connectivity index (χ1v) is 26.4. The van der Waals surface area contributed by atoms with Crippen molar-refractivity contribution in [3.63, 3.8) is 0 Å². The fourth-order valence-electron chi connectivity index (χ4n) is 6.99. The number of carbonyl (C=O) groups is 2. The molecular weight excluding hydrogens is 846 g/mol. The number of quaternary nitrogens is 1. The summed E-state index contributed by atoms with van der Waals surface area (Å²) in [4.78, 5) is 35.6. The van der Waals surface area contributed by atoms with E-state index < -0.39 is 44.7 Å². The Bertz CT molecular complexity index is 1560. The minimum Gasteiger partial charge on any atom is -0.466 e. The van der Waals surface area contributed by atoms with Crippen molar-refractivity contribution < 1.29 is 56.7 Å². The molecule has 0 aromatic carbocycles. The summed E-state index contributed by atoms with van der Waals surface area (Å²) in [6, 6.07) is 0. The Kier molecular flexibility index (Phi) is 34.4. The first-order chi connectivity index (χ1) is 31.1. The lowest BCUT2D eigenvalue weighted by Gasteiger charge is -2.24. The van der Waals surface area contributed by atoms with Gasteiger partial charge in [-0.15, -0.1) is 0 Å². The molecule has 1 unspecified atom stereocenters. The third-order valence-electron chi connectivity index (χ3n) is 11.3. The molecule has 1 aromatic rings. The van der Waals surface area contributed by atoms with Crippen LogP contribution in [-0.4, -0.2) is 97.3 Å². The summed E-state index contributed by atoms with van der Waals surface area (Å²) < 4.78 is 40.4. The number of phosphoric acid groups is 1. The second-order valence-corrected chi connectivity index (χ2v) is 19.8. The third kappa shape index (κ3) is 33.3. The zero-order valence-electron chi connectivity index (χ0n) is 41.7. The molecule has 0 aliphatic heterocycles. The molecular formula is C52H91NO11P+. The molecule has 4 atom stereocenters. The van der Waals surface area contributed by atoms with E-state index in [1.54, 1.807) is 0 Å². The molecule has 0 fully saturated rings. The number of hydrogen-bond acceptors (Lipinski definition) is 10. The fourth-order valence-corrected chi connectivity index (χ4v) is 7.73. The second-order valence-electron chi connectivity index (χ2n) is 18.4. The van der Waals surface area contributed by atoms with Crippen molar-refractivity contribution in [1.82, 2.24) is 0 Å². The number of phosphoric ester groups is 1. The molecule has 12 nitrogen and oxygen atoms in total. The molecule has 0 aliphatic carbocycles. The number of aliphatic hydroxyl groups excluding tert-OH is 2. The zero-order chi connectivity index (χ0) is 48.2. The number of carbonyl (C=O) groups excluding carboxylic acids is 2. The van der Waals surface area contributed by atoms with Crippen molar-refractivity contribution in [3.8, 4) is 0 Å². The topological polar surface area (TPSA) is 162 Å². The highest BCUT2D eigenvalue weighted by atomic mass is 31.2. The standard InChI is InChI=1S/C52H90NO11P/c1-8-10-12-13-14-15-16-17-20-23-26-30-34-47(54)48(55)35-33-39-52(57)63-46(43-62-65(58,59)61-41-40-53(5,6)7)42-60-51(56)38-32-28-25-22-19-18-21-24-27-31-37-50-45(4)44(3)49(64-50)36-29-11-9-2/h10,12,14-15,17,20,26,30,46-48,54-55H,8-9,11,13,16,18-19,21-25,27-29,31-43H2,1-7H3/p+1/b12-10-,15-14-,20-17-,30-26-/t46-,47-,48-/m1/s1. The molecule has 0 saturated heterocycles. The maximum absolute atomic E-state index is 12.8. The first-order valence-electron chi connectivity index (χ1n) is 24.9. The van der Waals surface area contributed by atoms with Crippen LogP contribution in [0.5, 0.6) is 0 Å². The van der Waals surface area contributed by atoms with Crippen molar-refractivity contribution in [2.45, 2.75) is 200 Å². The lowest BCUT2D eigenvalue weighted by Crippen LogP contribution is -2.37. The van der Waals surface area contributed by atoms with E-state index in [1.807, 2.05) is 33.3 Å². The van der Waals surface area contributed by atoms with Gasteiger partial charge in [0.2, 0.25) is 0 Å². The number of esters is 2. The van der Waals surface area contributed by atoms with E-state index in [-0.39, 0.29) is 45.3 Å². The number of furan rings is 1. The van der Waals surface area contributed by atoms with E-state index in [0.29, 0.717) is 17.4 Å². The first kappa shape index (κ1) is 60.2. The van der Waals surface area contributed by atoms with Gasteiger partial charge < -0.3 is 33.5 Å². The van der Waals surface area contributed by atoms with Crippen LogP contribution in [0.2, 0.25) is 0 Å². The van der Waals surface area contributed by atoms with E-state index in [4.69, 9.17) is 22.9 Å². The maximum Gasteiger partial charge on any atom is 0.472 e. The Balaban J connectivity index is 2.39. The average Bonchev–Trinajstić information content (AvgIpc) is 3.52. The lowest BCUT2D eigenvalue weighted by atomic mass is 10.0. The zero-order valence-corrected chi connectivity index (χ0v) is 42.5. The van der Waals surface area contributed by atoms with Gasteiger partial charge in [-0.2, -0.15) is 0 Å². The summed E-state index contributed by atoms with van der Waals surface area (Å²) in [5.41, 5.74) is 2.67. The summed E-state index contributed by atoms with van der Waals surface area (Å²) in [6.45, 7) is 8.30. The van der Waals surface area contributed by atoms with E-state index in [9.17, 15) is 29.3 Å². The van der Waals surface area contributed by atoms with Gasteiger partial charge in [-0.1, -0.05) is 127 Å². The number of aryl methyl sites for hydroxylation is 2. The smallest absolute Gasteiger partial charge is 0.466 e. The Hall–Kier alpha value is -2.83. The molecule has 1 rings (SSSR count). The highest BCUT2D eigenvalue weighted by Crippen LogP contribution is 2.43. The van der Waals surface area contributed by atoms with Gasteiger partial charge >= 0.3 is 19.8 Å². The van der Waals surface area contributed by atoms with Crippen LogP contribution in [0.15, 0.2) is 53.0 Å². The van der Waals surface area contributed by atoms with Gasteiger partial charge in [0.1, 0.15) is 31.3 Å². The molecule has 0 saturated carbocycles. The van der Waals surface area contributed by atoms with Crippen LogP contribution in [0, 0.1) is 13.8 Å². The van der Waals surface area contributed by atoms with Gasteiger partial charge in [-0.3, -0.25) is 18.6 Å². The van der Waals surface area contributed by atoms with Crippen molar-refractivity contribution in [1.29, 1.82) is 0 Å². The van der Waals surface area contributed by atoms with Crippen LogP contribution in [0.4, 0.5) is 0 Å². The Morgan fingerprint density at radius 3 is 1.71 bits per heavy atom. The summed E-state index contributed by atoms with van der Waals surface area (Å²) in [6.07, 6.45) is 34.4. The highest BCUT2D eigenvalue weighted by molar-refractivity contribution is 7.47. The summed E-state index contributed by atoms with van der Waals surface area (Å²) in [5.74, 6) is 1.25. The van der Waals surface area contributed by atoms with Crippen LogP contribution in [-0.2, 0) is 45.5 Å².